The molecule has 0 unspecified atom stereocenters. The lowest BCUT2D eigenvalue weighted by Crippen LogP contribution is -1.93. The summed E-state index contributed by atoms with van der Waals surface area (Å²) in [4.78, 5) is 0. The minimum absolute atomic E-state index is 0.357. The highest BCUT2D eigenvalue weighted by molar-refractivity contribution is 6.42. The molecule has 0 saturated carbocycles. The quantitative estimate of drug-likeness (QED) is 0.732. The molecule has 2 rings (SSSR count). The second kappa shape index (κ2) is 3.01. The van der Waals surface area contributed by atoms with Gasteiger partial charge in [-0.25, -0.2) is 0 Å². The topological polar surface area (TPSA) is 51.8 Å². The van der Waals surface area contributed by atoms with Gasteiger partial charge < -0.3 is 5.73 Å². The van der Waals surface area contributed by atoms with Crippen LogP contribution in [0.2, 0.25) is 10.0 Å². The molecular weight excluding hydrogens is 209 g/mol. The van der Waals surface area contributed by atoms with E-state index >= 15 is 0 Å². The zero-order chi connectivity index (χ0) is 9.42. The average Bonchev–Trinajstić information content (AvgIpc) is 2.09. The summed E-state index contributed by atoms with van der Waals surface area (Å²) in [6, 6.07) is 3.40. The molecule has 13 heavy (non-hydrogen) atoms. The summed E-state index contributed by atoms with van der Waals surface area (Å²) in [5.41, 5.74) is 5.60. The van der Waals surface area contributed by atoms with E-state index in [1.807, 2.05) is 0 Å². The van der Waals surface area contributed by atoms with Crippen molar-refractivity contribution in [2.24, 2.45) is 0 Å². The van der Waals surface area contributed by atoms with Gasteiger partial charge in [0.05, 0.1) is 16.2 Å². The molecule has 0 fully saturated rings. The number of nitrogen functional groups attached to an aromatic ring is 1. The van der Waals surface area contributed by atoms with Crippen LogP contribution in [0.4, 0.5) is 5.82 Å². The van der Waals surface area contributed by atoms with Gasteiger partial charge in [-0.1, -0.05) is 23.2 Å². The van der Waals surface area contributed by atoms with Gasteiger partial charge in [-0.05, 0) is 12.1 Å². The number of hydrogen-bond donors (Lipinski definition) is 1. The van der Waals surface area contributed by atoms with Gasteiger partial charge >= 0.3 is 0 Å². The van der Waals surface area contributed by atoms with Gasteiger partial charge in [0.1, 0.15) is 0 Å². The number of halogens is 2. The molecular formula is C8H5Cl2N3. The van der Waals surface area contributed by atoms with Gasteiger partial charge in [0.25, 0.3) is 0 Å². The summed E-state index contributed by atoms with van der Waals surface area (Å²) in [6.07, 6.45) is 1.59. The molecule has 0 amide bonds. The highest BCUT2D eigenvalue weighted by Crippen LogP contribution is 2.28. The van der Waals surface area contributed by atoms with Crippen LogP contribution < -0.4 is 5.73 Å². The molecule has 0 saturated heterocycles. The first-order valence-electron chi connectivity index (χ1n) is 3.54. The van der Waals surface area contributed by atoms with Crippen LogP contribution in [-0.4, -0.2) is 10.2 Å². The van der Waals surface area contributed by atoms with E-state index in [1.165, 1.54) is 0 Å². The van der Waals surface area contributed by atoms with Crippen molar-refractivity contribution in [1.29, 1.82) is 0 Å². The summed E-state index contributed by atoms with van der Waals surface area (Å²) in [5, 5.41) is 9.97. The second-order valence-corrected chi connectivity index (χ2v) is 3.40. The predicted octanol–water partition coefficient (Wildman–Crippen LogP) is 2.52. The number of anilines is 1. The largest absolute Gasteiger partial charge is 0.382 e. The Balaban J connectivity index is 2.89. The van der Waals surface area contributed by atoms with E-state index in [9.17, 15) is 0 Å². The highest BCUT2D eigenvalue weighted by Gasteiger charge is 2.04. The van der Waals surface area contributed by atoms with Crippen molar-refractivity contribution >= 4 is 39.8 Å². The van der Waals surface area contributed by atoms with Crippen LogP contribution in [0.25, 0.3) is 10.8 Å². The molecule has 0 aliphatic carbocycles. The Labute approximate surface area is 84.5 Å². The highest BCUT2D eigenvalue weighted by atomic mass is 35.5. The molecule has 0 spiro atoms. The molecule has 3 nitrogen and oxygen atoms in total. The van der Waals surface area contributed by atoms with Crippen LogP contribution in [0.15, 0.2) is 18.3 Å². The Morgan fingerprint density at radius 3 is 2.62 bits per heavy atom. The smallest absolute Gasteiger partial charge is 0.154 e. The first-order valence-corrected chi connectivity index (χ1v) is 4.30. The minimum atomic E-state index is 0.357. The zero-order valence-electron chi connectivity index (χ0n) is 6.46. The molecule has 0 radical (unpaired) electrons. The Morgan fingerprint density at radius 2 is 1.85 bits per heavy atom. The van der Waals surface area contributed by atoms with E-state index in [2.05, 4.69) is 10.2 Å². The molecule has 0 aliphatic rings. The molecule has 0 aliphatic heterocycles. The van der Waals surface area contributed by atoms with Crippen LogP contribution in [-0.2, 0) is 0 Å². The summed E-state index contributed by atoms with van der Waals surface area (Å²) >= 11 is 11.6. The molecule has 0 atom stereocenters. The summed E-state index contributed by atoms with van der Waals surface area (Å²) in [6.45, 7) is 0. The lowest BCUT2D eigenvalue weighted by molar-refractivity contribution is 1.06. The van der Waals surface area contributed by atoms with Crippen molar-refractivity contribution < 1.29 is 0 Å². The van der Waals surface area contributed by atoms with E-state index in [0.717, 1.165) is 10.8 Å². The first-order chi connectivity index (χ1) is 6.18. The number of hydrogen-bond acceptors (Lipinski definition) is 3. The van der Waals surface area contributed by atoms with Crippen LogP contribution in [0.3, 0.4) is 0 Å². The molecule has 0 bridgehead atoms. The van der Waals surface area contributed by atoms with Crippen molar-refractivity contribution in [2.75, 3.05) is 5.73 Å². The fourth-order valence-electron chi connectivity index (χ4n) is 1.10. The molecule has 1 heterocycles. The summed E-state index contributed by atoms with van der Waals surface area (Å²) in [7, 11) is 0. The Morgan fingerprint density at radius 1 is 1.15 bits per heavy atom. The number of fused-ring (bicyclic) bond motifs is 1. The fraction of sp³-hybridized carbons (Fsp3) is 0. The zero-order valence-corrected chi connectivity index (χ0v) is 7.97. The Kier molecular flexibility index (Phi) is 1.98. The third kappa shape index (κ3) is 1.41. The van der Waals surface area contributed by atoms with E-state index < -0.39 is 0 Å². The van der Waals surface area contributed by atoms with Gasteiger partial charge in [-0.15, -0.1) is 5.10 Å². The van der Waals surface area contributed by atoms with E-state index in [-0.39, 0.29) is 0 Å². The van der Waals surface area contributed by atoms with Gasteiger partial charge in [0.2, 0.25) is 0 Å². The average molecular weight is 214 g/mol. The second-order valence-electron chi connectivity index (χ2n) is 2.58. The van der Waals surface area contributed by atoms with Gasteiger partial charge in [-0.2, -0.15) is 5.10 Å². The monoisotopic (exact) mass is 213 g/mol. The fourth-order valence-corrected chi connectivity index (χ4v) is 1.43. The number of nitrogens with two attached hydrogens (primary N) is 1. The third-order valence-electron chi connectivity index (χ3n) is 1.73. The number of rotatable bonds is 0. The first kappa shape index (κ1) is 8.53. The number of benzene rings is 1. The lowest BCUT2D eigenvalue weighted by Gasteiger charge is -2.01. The van der Waals surface area contributed by atoms with Crippen LogP contribution in [0.1, 0.15) is 0 Å². The maximum absolute atomic E-state index is 5.82. The van der Waals surface area contributed by atoms with Crippen molar-refractivity contribution in [3.05, 3.63) is 28.4 Å². The van der Waals surface area contributed by atoms with Crippen LogP contribution in [0, 0.1) is 0 Å². The van der Waals surface area contributed by atoms with E-state index in [0.29, 0.717) is 15.9 Å². The molecule has 1 aromatic carbocycles. The maximum atomic E-state index is 5.82. The Hall–Kier alpha value is -1.06. The molecule has 2 aromatic rings. The summed E-state index contributed by atoms with van der Waals surface area (Å²) in [5.74, 6) is 0.357. The van der Waals surface area contributed by atoms with Crippen molar-refractivity contribution in [1.82, 2.24) is 10.2 Å². The maximum Gasteiger partial charge on any atom is 0.154 e. The number of aromatic nitrogens is 2. The number of nitrogens with zero attached hydrogens (tertiary/aromatic N) is 2. The SMILES string of the molecule is Nc1nncc2cc(Cl)c(Cl)cc12. The van der Waals surface area contributed by atoms with Crippen molar-refractivity contribution in [2.45, 2.75) is 0 Å². The normalized spacial score (nSPS) is 10.6. The van der Waals surface area contributed by atoms with Gasteiger partial charge in [0, 0.05) is 10.8 Å². The van der Waals surface area contributed by atoms with E-state index in [1.54, 1.807) is 18.3 Å². The van der Waals surface area contributed by atoms with E-state index in [4.69, 9.17) is 28.9 Å². The predicted molar refractivity (Wildman–Crippen MR) is 54.0 cm³/mol. The Bertz CT molecular complexity index is 470. The molecule has 1 aromatic heterocycles. The van der Waals surface area contributed by atoms with Gasteiger partial charge in [-0.3, -0.25) is 0 Å². The molecule has 66 valence electrons. The molecule has 2 N–H and O–H groups in total. The van der Waals surface area contributed by atoms with Gasteiger partial charge in [0.15, 0.2) is 5.82 Å². The third-order valence-corrected chi connectivity index (χ3v) is 2.45. The molecule has 5 heteroatoms. The minimum Gasteiger partial charge on any atom is -0.382 e. The van der Waals surface area contributed by atoms with Crippen molar-refractivity contribution in [3.63, 3.8) is 0 Å². The standard InChI is InChI=1S/C8H5Cl2N3/c9-6-1-4-3-12-13-8(11)5(4)2-7(6)10/h1-3H,(H2,11,13). The van der Waals surface area contributed by atoms with Crippen LogP contribution >= 0.6 is 23.2 Å². The van der Waals surface area contributed by atoms with Crippen molar-refractivity contribution in [3.8, 4) is 0 Å². The van der Waals surface area contributed by atoms with Crippen LogP contribution in [0.5, 0.6) is 0 Å². The summed E-state index contributed by atoms with van der Waals surface area (Å²) < 4.78 is 0. The lowest BCUT2D eigenvalue weighted by atomic mass is 10.2.